The lowest BCUT2D eigenvalue weighted by Crippen LogP contribution is -2.26. The van der Waals surface area contributed by atoms with Gasteiger partial charge in [-0.3, -0.25) is 14.9 Å². The van der Waals surface area contributed by atoms with Gasteiger partial charge in [0.05, 0.1) is 28.7 Å². The molecule has 88 valence electrons. The van der Waals surface area contributed by atoms with Crippen LogP contribution in [0.5, 0.6) is 0 Å². The van der Waals surface area contributed by atoms with Gasteiger partial charge >= 0.3 is 0 Å². The van der Waals surface area contributed by atoms with Gasteiger partial charge in [0.1, 0.15) is 6.10 Å². The standard InChI is InChI=1S/C8H9ClN2O5/c9-2-6(12)7(13)5-1-4(11(15)16)3-10-8(5)14/h1,3,6-7,12-13H,2H2,(H,10,14). The third kappa shape index (κ3) is 2.57. The summed E-state index contributed by atoms with van der Waals surface area (Å²) in [7, 11) is 0. The minimum absolute atomic E-state index is 0.288. The van der Waals surface area contributed by atoms with Crippen molar-refractivity contribution in [3.8, 4) is 0 Å². The van der Waals surface area contributed by atoms with E-state index in [0.29, 0.717) is 0 Å². The quantitative estimate of drug-likeness (QED) is 0.391. The molecule has 0 aliphatic rings. The molecule has 2 unspecified atom stereocenters. The SMILES string of the molecule is O=c1[nH]cc([N+](=O)[O-])cc1C(O)C(O)CCl. The van der Waals surface area contributed by atoms with Gasteiger partial charge in [-0.05, 0) is 0 Å². The fourth-order valence-electron chi connectivity index (χ4n) is 1.11. The molecule has 1 rings (SSSR count). The minimum atomic E-state index is -1.55. The Morgan fingerprint density at radius 2 is 2.19 bits per heavy atom. The maximum absolute atomic E-state index is 11.3. The molecule has 0 aliphatic carbocycles. The summed E-state index contributed by atoms with van der Waals surface area (Å²) >= 11 is 5.30. The first-order chi connectivity index (χ1) is 7.47. The van der Waals surface area contributed by atoms with Crippen LogP contribution in [-0.4, -0.2) is 32.1 Å². The van der Waals surface area contributed by atoms with E-state index in [1.54, 1.807) is 0 Å². The molecule has 0 amide bonds. The molecule has 0 radical (unpaired) electrons. The van der Waals surface area contributed by atoms with E-state index in [-0.39, 0.29) is 17.1 Å². The number of H-pyrrole nitrogens is 1. The van der Waals surface area contributed by atoms with Gasteiger partial charge in [-0.25, -0.2) is 0 Å². The number of halogens is 1. The van der Waals surface area contributed by atoms with Crippen molar-refractivity contribution in [3.05, 3.63) is 38.3 Å². The first-order valence-corrected chi connectivity index (χ1v) is 4.80. The predicted molar refractivity (Wildman–Crippen MR) is 55.4 cm³/mol. The highest BCUT2D eigenvalue weighted by Gasteiger charge is 2.22. The lowest BCUT2D eigenvalue weighted by atomic mass is 10.1. The van der Waals surface area contributed by atoms with Crippen LogP contribution in [0.15, 0.2) is 17.1 Å². The molecule has 1 aromatic rings. The number of hydrogen-bond donors (Lipinski definition) is 3. The minimum Gasteiger partial charge on any atom is -0.389 e. The van der Waals surface area contributed by atoms with Gasteiger partial charge in [-0.15, -0.1) is 11.6 Å². The maximum atomic E-state index is 11.3. The first-order valence-electron chi connectivity index (χ1n) is 4.26. The highest BCUT2D eigenvalue weighted by molar-refractivity contribution is 6.18. The van der Waals surface area contributed by atoms with Crippen molar-refractivity contribution in [1.29, 1.82) is 0 Å². The molecule has 2 atom stereocenters. The van der Waals surface area contributed by atoms with E-state index in [1.165, 1.54) is 0 Å². The average molecular weight is 249 g/mol. The second-order valence-corrected chi connectivity index (χ2v) is 3.37. The molecule has 1 aromatic heterocycles. The van der Waals surface area contributed by atoms with Crippen molar-refractivity contribution >= 4 is 17.3 Å². The summed E-state index contributed by atoms with van der Waals surface area (Å²) in [6.45, 7) is 0. The van der Waals surface area contributed by atoms with Crippen LogP contribution in [0.3, 0.4) is 0 Å². The van der Waals surface area contributed by atoms with Crippen LogP contribution < -0.4 is 5.56 Å². The number of aromatic amines is 1. The van der Waals surface area contributed by atoms with Crippen molar-refractivity contribution < 1.29 is 15.1 Å². The zero-order valence-electron chi connectivity index (χ0n) is 7.96. The van der Waals surface area contributed by atoms with Crippen LogP contribution in [0.4, 0.5) is 5.69 Å². The van der Waals surface area contributed by atoms with E-state index in [0.717, 1.165) is 12.3 Å². The van der Waals surface area contributed by atoms with Crippen LogP contribution in [0, 0.1) is 10.1 Å². The van der Waals surface area contributed by atoms with Gasteiger partial charge in [0.15, 0.2) is 0 Å². The molecule has 16 heavy (non-hydrogen) atoms. The third-order valence-corrected chi connectivity index (χ3v) is 2.28. The van der Waals surface area contributed by atoms with Gasteiger partial charge in [0, 0.05) is 6.07 Å². The van der Waals surface area contributed by atoms with Gasteiger partial charge < -0.3 is 15.2 Å². The van der Waals surface area contributed by atoms with Crippen molar-refractivity contribution in [1.82, 2.24) is 4.98 Å². The molecule has 0 saturated carbocycles. The van der Waals surface area contributed by atoms with E-state index in [1.807, 2.05) is 0 Å². The Kier molecular flexibility index (Phi) is 3.99. The number of aliphatic hydroxyl groups is 2. The molecule has 0 spiro atoms. The lowest BCUT2D eigenvalue weighted by Gasteiger charge is -2.14. The number of alkyl halides is 1. The third-order valence-electron chi connectivity index (χ3n) is 1.97. The molecule has 8 heteroatoms. The second-order valence-electron chi connectivity index (χ2n) is 3.07. The number of rotatable bonds is 4. The van der Waals surface area contributed by atoms with E-state index >= 15 is 0 Å². The number of nitro groups is 1. The predicted octanol–water partition coefficient (Wildman–Crippen LogP) is -0.0838. The number of nitrogens with one attached hydrogen (secondary N) is 1. The van der Waals surface area contributed by atoms with Gasteiger partial charge in [0.2, 0.25) is 0 Å². The molecule has 0 aliphatic heterocycles. The van der Waals surface area contributed by atoms with E-state index < -0.39 is 22.7 Å². The smallest absolute Gasteiger partial charge is 0.285 e. The lowest BCUT2D eigenvalue weighted by molar-refractivity contribution is -0.385. The first kappa shape index (κ1) is 12.6. The van der Waals surface area contributed by atoms with Crippen LogP contribution in [0.2, 0.25) is 0 Å². The highest BCUT2D eigenvalue weighted by atomic mass is 35.5. The Labute approximate surface area is 94.5 Å². The van der Waals surface area contributed by atoms with Crippen LogP contribution in [0.25, 0.3) is 0 Å². The zero-order chi connectivity index (χ0) is 12.3. The molecule has 0 saturated heterocycles. The topological polar surface area (TPSA) is 116 Å². The highest BCUT2D eigenvalue weighted by Crippen LogP contribution is 2.18. The fraction of sp³-hybridized carbons (Fsp3) is 0.375. The number of nitrogens with zero attached hydrogens (tertiary/aromatic N) is 1. The van der Waals surface area contributed by atoms with E-state index in [9.17, 15) is 25.1 Å². The Morgan fingerprint density at radius 1 is 1.56 bits per heavy atom. The van der Waals surface area contributed by atoms with Gasteiger partial charge in [-0.1, -0.05) is 0 Å². The molecular formula is C8H9ClN2O5. The van der Waals surface area contributed by atoms with Crippen molar-refractivity contribution in [2.45, 2.75) is 12.2 Å². The van der Waals surface area contributed by atoms with Gasteiger partial charge in [0.25, 0.3) is 11.2 Å². The zero-order valence-corrected chi connectivity index (χ0v) is 8.72. The molecule has 3 N–H and O–H groups in total. The summed E-state index contributed by atoms with van der Waals surface area (Å²) in [6, 6.07) is 0.902. The molecule has 0 bridgehead atoms. The summed E-state index contributed by atoms with van der Waals surface area (Å²) in [5.41, 5.74) is -1.37. The van der Waals surface area contributed by atoms with E-state index in [2.05, 4.69) is 4.98 Å². The van der Waals surface area contributed by atoms with E-state index in [4.69, 9.17) is 11.6 Å². The summed E-state index contributed by atoms with van der Waals surface area (Å²) in [4.78, 5) is 23.1. The van der Waals surface area contributed by atoms with Crippen LogP contribution >= 0.6 is 11.6 Å². The Balaban J connectivity index is 3.17. The normalized spacial score (nSPS) is 14.4. The largest absolute Gasteiger partial charge is 0.389 e. The Morgan fingerprint density at radius 3 is 2.69 bits per heavy atom. The monoisotopic (exact) mass is 248 g/mol. The second kappa shape index (κ2) is 5.06. The van der Waals surface area contributed by atoms with Crippen molar-refractivity contribution in [3.63, 3.8) is 0 Å². The van der Waals surface area contributed by atoms with Crippen LogP contribution in [-0.2, 0) is 0 Å². The van der Waals surface area contributed by atoms with Crippen LogP contribution in [0.1, 0.15) is 11.7 Å². The van der Waals surface area contributed by atoms with Gasteiger partial charge in [-0.2, -0.15) is 0 Å². The Bertz CT molecular complexity index is 446. The fourth-order valence-corrected chi connectivity index (χ4v) is 1.27. The number of aromatic nitrogens is 1. The Hall–Kier alpha value is -1.44. The molecular weight excluding hydrogens is 240 g/mol. The molecule has 1 heterocycles. The summed E-state index contributed by atoms with van der Waals surface area (Å²) in [5, 5.41) is 29.2. The number of pyridine rings is 1. The number of aliphatic hydroxyl groups excluding tert-OH is 2. The summed E-state index contributed by atoms with van der Waals surface area (Å²) in [5.74, 6) is -0.288. The summed E-state index contributed by atoms with van der Waals surface area (Å²) < 4.78 is 0. The number of hydrogen-bond acceptors (Lipinski definition) is 5. The molecule has 7 nitrogen and oxygen atoms in total. The molecule has 0 fully saturated rings. The maximum Gasteiger partial charge on any atom is 0.285 e. The summed E-state index contributed by atoms with van der Waals surface area (Å²) in [6.07, 6.45) is -2.00. The van der Waals surface area contributed by atoms with Crippen molar-refractivity contribution in [2.75, 3.05) is 5.88 Å². The average Bonchev–Trinajstić information content (AvgIpc) is 2.27. The molecule has 0 aromatic carbocycles. The van der Waals surface area contributed by atoms with Crippen molar-refractivity contribution in [2.24, 2.45) is 0 Å².